The number of hydrogen-bond donors (Lipinski definition) is 0. The number of methoxy groups -OCH3 is 1. The van der Waals surface area contributed by atoms with Crippen molar-refractivity contribution in [1.29, 1.82) is 0 Å². The van der Waals surface area contributed by atoms with E-state index in [2.05, 4.69) is 0 Å². The number of pyridine rings is 1. The first-order chi connectivity index (χ1) is 14.9. The average Bonchev–Trinajstić information content (AvgIpc) is 3.09. The minimum absolute atomic E-state index is 0.0190. The molecule has 2 atom stereocenters. The van der Waals surface area contributed by atoms with Crippen LogP contribution >= 0.6 is 0 Å². The van der Waals surface area contributed by atoms with E-state index in [0.29, 0.717) is 30.9 Å². The molecule has 1 saturated heterocycles. The van der Waals surface area contributed by atoms with Gasteiger partial charge in [0, 0.05) is 61.5 Å². The van der Waals surface area contributed by atoms with Crippen LogP contribution < -0.4 is 10.3 Å². The van der Waals surface area contributed by atoms with Gasteiger partial charge in [0.15, 0.2) is 0 Å². The predicted molar refractivity (Wildman–Crippen MR) is 114 cm³/mol. The van der Waals surface area contributed by atoms with Crippen LogP contribution in [-0.2, 0) is 13.6 Å². The van der Waals surface area contributed by atoms with Gasteiger partial charge in [-0.1, -0.05) is 0 Å². The molecule has 3 aromatic rings. The summed E-state index contributed by atoms with van der Waals surface area (Å²) in [7, 11) is 3.51. The lowest BCUT2D eigenvalue weighted by Crippen LogP contribution is -2.49. The van der Waals surface area contributed by atoms with Crippen molar-refractivity contribution in [3.05, 3.63) is 68.3 Å². The summed E-state index contributed by atoms with van der Waals surface area (Å²) in [4.78, 5) is 38.4. The lowest BCUT2D eigenvalue weighted by Gasteiger charge is -2.42. The van der Waals surface area contributed by atoms with Gasteiger partial charge in [-0.25, -0.2) is 0 Å². The summed E-state index contributed by atoms with van der Waals surface area (Å²) in [5.41, 5.74) is 1.38. The third-order valence-corrected chi connectivity index (χ3v) is 6.50. The molecule has 0 radical (unpaired) electrons. The van der Waals surface area contributed by atoms with E-state index < -0.39 is 16.2 Å². The van der Waals surface area contributed by atoms with Gasteiger partial charge in [-0.15, -0.1) is 0 Å². The number of likely N-dealkylation sites (tertiary alicyclic amines) is 1. The number of aromatic nitrogens is 2. The number of nitro groups is 1. The Bertz CT molecular complexity index is 1290. The summed E-state index contributed by atoms with van der Waals surface area (Å²) >= 11 is 0. The highest BCUT2D eigenvalue weighted by Gasteiger charge is 2.38. The van der Waals surface area contributed by atoms with Crippen LogP contribution in [0.4, 0.5) is 5.69 Å². The number of benzene rings is 1. The highest BCUT2D eigenvalue weighted by Crippen LogP contribution is 2.37. The van der Waals surface area contributed by atoms with Gasteiger partial charge in [0.2, 0.25) is 0 Å². The van der Waals surface area contributed by atoms with Crippen molar-refractivity contribution in [2.24, 2.45) is 13.0 Å². The Balaban J connectivity index is 1.49. The lowest BCUT2D eigenvalue weighted by atomic mass is 9.83. The van der Waals surface area contributed by atoms with Crippen LogP contribution in [0.5, 0.6) is 5.75 Å². The second-order valence-electron chi connectivity index (χ2n) is 8.36. The van der Waals surface area contributed by atoms with Crippen LogP contribution in [0.2, 0.25) is 0 Å². The van der Waals surface area contributed by atoms with Gasteiger partial charge in [0.1, 0.15) is 5.75 Å². The third-order valence-electron chi connectivity index (χ3n) is 6.50. The molecule has 1 fully saturated rings. The molecule has 2 aliphatic heterocycles. The van der Waals surface area contributed by atoms with Crippen molar-refractivity contribution in [3.8, 4) is 5.75 Å². The van der Waals surface area contributed by atoms with Crippen molar-refractivity contribution < 1.29 is 14.5 Å². The number of piperidine rings is 1. The highest BCUT2D eigenvalue weighted by molar-refractivity contribution is 6.07. The summed E-state index contributed by atoms with van der Waals surface area (Å²) in [5, 5.41) is 12.0. The first-order valence-electron chi connectivity index (χ1n) is 10.2. The van der Waals surface area contributed by atoms with Gasteiger partial charge in [0.25, 0.3) is 5.91 Å². The number of carbonyl (C=O) groups is 1. The molecule has 0 saturated carbocycles. The minimum atomic E-state index is -0.634. The zero-order valence-electron chi connectivity index (χ0n) is 17.3. The number of rotatable bonds is 3. The second kappa shape index (κ2) is 6.97. The van der Waals surface area contributed by atoms with Crippen LogP contribution in [-0.4, -0.2) is 45.1 Å². The maximum absolute atomic E-state index is 13.5. The number of ether oxygens (including phenoxy) is 1. The van der Waals surface area contributed by atoms with Gasteiger partial charge in [-0.05, 0) is 36.6 Å². The molecular weight excluding hydrogens is 400 g/mol. The maximum atomic E-state index is 13.5. The first kappa shape index (κ1) is 19.3. The molecule has 1 aromatic carbocycles. The smallest absolute Gasteiger partial charge is 0.334 e. The Kier molecular flexibility index (Phi) is 4.35. The molecule has 5 rings (SSSR count). The summed E-state index contributed by atoms with van der Waals surface area (Å²) in [6, 6.07) is 8.63. The monoisotopic (exact) mass is 422 g/mol. The summed E-state index contributed by atoms with van der Waals surface area (Å²) < 4.78 is 8.80. The normalized spacial score (nSPS) is 19.9. The molecule has 4 heterocycles. The van der Waals surface area contributed by atoms with Crippen LogP contribution in [0.3, 0.4) is 0 Å². The van der Waals surface area contributed by atoms with Crippen LogP contribution in [0.25, 0.3) is 10.9 Å². The summed E-state index contributed by atoms with van der Waals surface area (Å²) in [6.45, 7) is 1.39. The number of nitrogens with zero attached hydrogens (tertiary/aromatic N) is 4. The number of hydrogen-bond acceptors (Lipinski definition) is 5. The topological polar surface area (TPSA) is 99.6 Å². The Morgan fingerprint density at radius 2 is 2.00 bits per heavy atom. The largest absolute Gasteiger partial charge is 0.497 e. The molecule has 31 heavy (non-hydrogen) atoms. The zero-order valence-corrected chi connectivity index (χ0v) is 17.3. The standard InChI is InChI=1S/C22H22N4O5/c1-23-12-17(16-8-15(31-2)3-4-19(16)23)21(27)24-9-13-7-14(11-24)18-5-6-20(26(29)30)22(28)25(18)10-13/h3-6,8,12-14H,7,9-11H2,1-2H3/t13-,14+/m1/s1. The Morgan fingerprint density at radius 3 is 2.74 bits per heavy atom. The van der Waals surface area contributed by atoms with Crippen LogP contribution in [0.1, 0.15) is 28.4 Å². The Morgan fingerprint density at radius 1 is 1.19 bits per heavy atom. The molecule has 0 aliphatic carbocycles. The quantitative estimate of drug-likeness (QED) is 0.477. The molecule has 0 N–H and O–H groups in total. The van der Waals surface area contributed by atoms with Crippen molar-refractivity contribution >= 4 is 22.5 Å². The van der Waals surface area contributed by atoms with Gasteiger partial charge >= 0.3 is 11.2 Å². The summed E-state index contributed by atoms with van der Waals surface area (Å²) in [6.07, 6.45) is 2.71. The average molecular weight is 422 g/mol. The van der Waals surface area contributed by atoms with Gasteiger partial charge in [-0.2, -0.15) is 0 Å². The van der Waals surface area contributed by atoms with E-state index in [9.17, 15) is 19.7 Å². The lowest BCUT2D eigenvalue weighted by molar-refractivity contribution is -0.386. The molecule has 0 spiro atoms. The van der Waals surface area contributed by atoms with Crippen molar-refractivity contribution in [2.75, 3.05) is 20.2 Å². The minimum Gasteiger partial charge on any atom is -0.497 e. The Labute approximate surface area is 177 Å². The van der Waals surface area contributed by atoms with E-state index in [-0.39, 0.29) is 17.7 Å². The van der Waals surface area contributed by atoms with Crippen molar-refractivity contribution in [2.45, 2.75) is 18.9 Å². The van der Waals surface area contributed by atoms with E-state index >= 15 is 0 Å². The second-order valence-corrected chi connectivity index (χ2v) is 8.36. The van der Waals surface area contributed by atoms with E-state index in [1.807, 2.05) is 40.9 Å². The molecule has 2 aromatic heterocycles. The van der Waals surface area contributed by atoms with Crippen molar-refractivity contribution in [3.63, 3.8) is 0 Å². The SMILES string of the molecule is COc1ccc2c(c1)c(C(=O)N1C[C@H]3C[C@@H](C1)c1ccc([N+](=O)[O-])c(=O)n1C3)cn2C. The molecule has 0 unspecified atom stereocenters. The number of aryl methyl sites for hydroxylation is 1. The maximum Gasteiger partial charge on any atom is 0.334 e. The highest BCUT2D eigenvalue weighted by atomic mass is 16.6. The fourth-order valence-electron chi connectivity index (χ4n) is 5.08. The summed E-state index contributed by atoms with van der Waals surface area (Å²) in [5.74, 6) is 0.707. The van der Waals surface area contributed by atoms with Crippen LogP contribution in [0, 0.1) is 16.0 Å². The molecule has 160 valence electrons. The van der Waals surface area contributed by atoms with E-state index in [1.165, 1.54) is 10.6 Å². The van der Waals surface area contributed by atoms with Crippen molar-refractivity contribution in [1.82, 2.24) is 14.0 Å². The fourth-order valence-corrected chi connectivity index (χ4v) is 5.08. The number of carbonyl (C=O) groups excluding carboxylic acids is 1. The van der Waals surface area contributed by atoms with Gasteiger partial charge in [-0.3, -0.25) is 19.7 Å². The molecule has 2 bridgehead atoms. The zero-order chi connectivity index (χ0) is 21.9. The molecule has 2 aliphatic rings. The molecular formula is C22H22N4O5. The molecule has 9 nitrogen and oxygen atoms in total. The van der Waals surface area contributed by atoms with Gasteiger partial charge < -0.3 is 18.8 Å². The van der Waals surface area contributed by atoms with Gasteiger partial charge in [0.05, 0.1) is 17.6 Å². The van der Waals surface area contributed by atoms with E-state index in [4.69, 9.17) is 4.74 Å². The van der Waals surface area contributed by atoms with Crippen LogP contribution in [0.15, 0.2) is 41.3 Å². The number of fused-ring (bicyclic) bond motifs is 5. The Hall–Kier alpha value is -3.62. The van der Waals surface area contributed by atoms with E-state index in [0.717, 1.165) is 23.0 Å². The first-order valence-corrected chi connectivity index (χ1v) is 10.2. The molecule has 1 amide bonds. The fraction of sp³-hybridized carbons (Fsp3) is 0.364. The molecule has 9 heteroatoms. The van der Waals surface area contributed by atoms with E-state index in [1.54, 1.807) is 13.2 Å². The number of amides is 1. The third kappa shape index (κ3) is 2.99. The predicted octanol–water partition coefficient (Wildman–Crippen LogP) is 2.52.